The van der Waals surface area contributed by atoms with Gasteiger partial charge in [0, 0.05) is 32.2 Å². The molecule has 2 aliphatic heterocycles. The molecule has 3 atom stereocenters. The summed E-state index contributed by atoms with van der Waals surface area (Å²) in [6, 6.07) is 19.5. The molecule has 5 heteroatoms. The highest BCUT2D eigenvalue weighted by molar-refractivity contribution is 5.81. The van der Waals surface area contributed by atoms with Gasteiger partial charge in [0.15, 0.2) is 0 Å². The number of carbonyl (C=O) groups is 1. The monoisotopic (exact) mass is 419 g/mol. The highest BCUT2D eigenvalue weighted by atomic mass is 16.5. The van der Waals surface area contributed by atoms with E-state index in [2.05, 4.69) is 63.6 Å². The highest BCUT2D eigenvalue weighted by Crippen LogP contribution is 2.35. The smallest absolute Gasteiger partial charge is 0.228 e. The number of hydrogen-bond acceptors (Lipinski definition) is 4. The summed E-state index contributed by atoms with van der Waals surface area (Å²) in [5.41, 5.74) is 3.61. The maximum Gasteiger partial charge on any atom is 0.228 e. The SMILES string of the molecule is O=C1C2CCCCC2NC(c2ccc(-c3ccccc3)cc2)N1CCN1CCOCC1. The Kier molecular flexibility index (Phi) is 6.35. The second-order valence-electron chi connectivity index (χ2n) is 9.04. The summed E-state index contributed by atoms with van der Waals surface area (Å²) in [6.45, 7) is 5.17. The van der Waals surface area contributed by atoms with E-state index in [-0.39, 0.29) is 12.1 Å². The first-order valence-corrected chi connectivity index (χ1v) is 11.8. The summed E-state index contributed by atoms with van der Waals surface area (Å²) >= 11 is 0. The predicted octanol–water partition coefficient (Wildman–Crippen LogP) is 3.68. The maximum absolute atomic E-state index is 13.5. The molecule has 1 N–H and O–H groups in total. The van der Waals surface area contributed by atoms with Crippen molar-refractivity contribution in [3.63, 3.8) is 0 Å². The summed E-state index contributed by atoms with van der Waals surface area (Å²) in [6.07, 6.45) is 4.46. The van der Waals surface area contributed by atoms with Gasteiger partial charge in [-0.05, 0) is 29.5 Å². The van der Waals surface area contributed by atoms with Crippen LogP contribution in [0.5, 0.6) is 0 Å². The lowest BCUT2D eigenvalue weighted by Gasteiger charge is -2.47. The van der Waals surface area contributed by atoms with E-state index < -0.39 is 0 Å². The van der Waals surface area contributed by atoms with Crippen LogP contribution in [0.3, 0.4) is 0 Å². The molecule has 0 bridgehead atoms. The molecule has 1 saturated carbocycles. The van der Waals surface area contributed by atoms with Crippen molar-refractivity contribution in [1.29, 1.82) is 0 Å². The molecule has 1 aliphatic carbocycles. The Morgan fingerprint density at radius 3 is 2.35 bits per heavy atom. The number of carbonyl (C=O) groups excluding carboxylic acids is 1. The van der Waals surface area contributed by atoms with Crippen LogP contribution in [0.4, 0.5) is 0 Å². The Bertz CT molecular complexity index is 864. The fraction of sp³-hybridized carbons (Fsp3) is 0.500. The third kappa shape index (κ3) is 4.54. The first-order chi connectivity index (χ1) is 15.3. The van der Waals surface area contributed by atoms with Crippen LogP contribution >= 0.6 is 0 Å². The minimum atomic E-state index is -0.0438. The third-order valence-electron chi connectivity index (χ3n) is 7.14. The number of benzene rings is 2. The first kappa shape index (κ1) is 20.7. The van der Waals surface area contributed by atoms with Crippen molar-refractivity contribution in [2.45, 2.75) is 37.9 Å². The van der Waals surface area contributed by atoms with Crippen molar-refractivity contribution in [2.75, 3.05) is 39.4 Å². The van der Waals surface area contributed by atoms with E-state index in [1.807, 2.05) is 6.07 Å². The number of rotatable bonds is 5. The van der Waals surface area contributed by atoms with Crippen molar-refractivity contribution in [3.05, 3.63) is 60.2 Å². The lowest BCUT2D eigenvalue weighted by atomic mass is 9.81. The highest BCUT2D eigenvalue weighted by Gasteiger charge is 2.42. The minimum absolute atomic E-state index is 0.0438. The second-order valence-corrected chi connectivity index (χ2v) is 9.04. The molecular formula is C26H33N3O2. The van der Waals surface area contributed by atoms with Gasteiger partial charge in [0.05, 0.1) is 19.1 Å². The molecule has 2 aromatic carbocycles. The molecule has 2 aromatic rings. The zero-order chi connectivity index (χ0) is 21.0. The van der Waals surface area contributed by atoms with Crippen LogP contribution < -0.4 is 5.32 Å². The van der Waals surface area contributed by atoms with E-state index in [1.54, 1.807) is 0 Å². The zero-order valence-electron chi connectivity index (χ0n) is 18.2. The Morgan fingerprint density at radius 2 is 1.58 bits per heavy atom. The first-order valence-electron chi connectivity index (χ1n) is 11.8. The molecule has 31 heavy (non-hydrogen) atoms. The van der Waals surface area contributed by atoms with E-state index in [0.29, 0.717) is 11.9 Å². The molecule has 5 nitrogen and oxygen atoms in total. The van der Waals surface area contributed by atoms with E-state index in [1.165, 1.54) is 29.5 Å². The van der Waals surface area contributed by atoms with Crippen LogP contribution in [0.2, 0.25) is 0 Å². The fourth-order valence-corrected chi connectivity index (χ4v) is 5.34. The Hall–Kier alpha value is -2.21. The maximum atomic E-state index is 13.5. The largest absolute Gasteiger partial charge is 0.379 e. The van der Waals surface area contributed by atoms with Crippen LogP contribution in [0, 0.1) is 5.92 Å². The summed E-state index contributed by atoms with van der Waals surface area (Å²) in [7, 11) is 0. The summed E-state index contributed by atoms with van der Waals surface area (Å²) in [5.74, 6) is 0.479. The number of morpholine rings is 1. The van der Waals surface area contributed by atoms with Gasteiger partial charge in [-0.15, -0.1) is 0 Å². The van der Waals surface area contributed by atoms with Gasteiger partial charge in [0.25, 0.3) is 0 Å². The van der Waals surface area contributed by atoms with Crippen LogP contribution in [0.1, 0.15) is 37.4 Å². The Morgan fingerprint density at radius 1 is 0.871 bits per heavy atom. The quantitative estimate of drug-likeness (QED) is 0.803. The molecule has 2 heterocycles. The molecule has 3 fully saturated rings. The van der Waals surface area contributed by atoms with E-state index in [0.717, 1.165) is 52.2 Å². The summed E-state index contributed by atoms with van der Waals surface area (Å²) in [4.78, 5) is 18.1. The molecule has 5 rings (SSSR count). The number of nitrogens with one attached hydrogen (secondary N) is 1. The lowest BCUT2D eigenvalue weighted by molar-refractivity contribution is -0.147. The van der Waals surface area contributed by atoms with Gasteiger partial charge in [-0.25, -0.2) is 0 Å². The molecule has 1 amide bonds. The number of hydrogen-bond donors (Lipinski definition) is 1. The normalized spacial score (nSPS) is 27.2. The second kappa shape index (κ2) is 9.51. The molecule has 0 spiro atoms. The topological polar surface area (TPSA) is 44.8 Å². The van der Waals surface area contributed by atoms with Crippen molar-refractivity contribution >= 4 is 5.91 Å². The van der Waals surface area contributed by atoms with E-state index in [9.17, 15) is 4.79 Å². The molecule has 0 radical (unpaired) electrons. The molecule has 2 saturated heterocycles. The van der Waals surface area contributed by atoms with Crippen LogP contribution in [0.25, 0.3) is 11.1 Å². The average molecular weight is 420 g/mol. The Balaban J connectivity index is 1.37. The standard InChI is InChI=1S/C26H33N3O2/c30-26-23-8-4-5-9-24(23)27-25(29(26)15-14-28-16-18-31-19-17-28)22-12-10-21(11-13-22)20-6-2-1-3-7-20/h1-3,6-7,10-13,23-25,27H,4-5,8-9,14-19H2. The fourth-order valence-electron chi connectivity index (χ4n) is 5.34. The van der Waals surface area contributed by atoms with Gasteiger partial charge in [0.2, 0.25) is 5.91 Å². The minimum Gasteiger partial charge on any atom is -0.379 e. The van der Waals surface area contributed by atoms with Crippen molar-refractivity contribution < 1.29 is 9.53 Å². The van der Waals surface area contributed by atoms with E-state index >= 15 is 0 Å². The van der Waals surface area contributed by atoms with Gasteiger partial charge in [0.1, 0.15) is 6.17 Å². The van der Waals surface area contributed by atoms with Crippen LogP contribution in [0.15, 0.2) is 54.6 Å². The number of fused-ring (bicyclic) bond motifs is 1. The summed E-state index contributed by atoms with van der Waals surface area (Å²) in [5, 5.41) is 3.86. The van der Waals surface area contributed by atoms with Crippen molar-refractivity contribution in [2.24, 2.45) is 5.92 Å². The van der Waals surface area contributed by atoms with Crippen molar-refractivity contribution in [1.82, 2.24) is 15.1 Å². The third-order valence-corrected chi connectivity index (χ3v) is 7.14. The molecule has 0 aromatic heterocycles. The molecule has 164 valence electrons. The zero-order valence-corrected chi connectivity index (χ0v) is 18.2. The summed E-state index contributed by atoms with van der Waals surface area (Å²) < 4.78 is 5.49. The van der Waals surface area contributed by atoms with Gasteiger partial charge in [-0.1, -0.05) is 67.4 Å². The van der Waals surface area contributed by atoms with E-state index in [4.69, 9.17) is 4.74 Å². The number of nitrogens with zero attached hydrogens (tertiary/aromatic N) is 2. The predicted molar refractivity (Wildman–Crippen MR) is 122 cm³/mol. The number of amides is 1. The van der Waals surface area contributed by atoms with Gasteiger partial charge in [-0.3, -0.25) is 15.0 Å². The van der Waals surface area contributed by atoms with Crippen LogP contribution in [-0.4, -0.2) is 61.1 Å². The Labute approximate surface area is 185 Å². The molecule has 3 aliphatic rings. The number of ether oxygens (including phenoxy) is 1. The lowest BCUT2D eigenvalue weighted by Crippen LogP contribution is -2.60. The van der Waals surface area contributed by atoms with Gasteiger partial charge >= 0.3 is 0 Å². The van der Waals surface area contributed by atoms with Gasteiger partial charge < -0.3 is 9.64 Å². The molecular weight excluding hydrogens is 386 g/mol. The molecule has 3 unspecified atom stereocenters. The average Bonchev–Trinajstić information content (AvgIpc) is 2.85. The van der Waals surface area contributed by atoms with Crippen molar-refractivity contribution in [3.8, 4) is 11.1 Å². The van der Waals surface area contributed by atoms with Gasteiger partial charge in [-0.2, -0.15) is 0 Å². The van der Waals surface area contributed by atoms with Crippen LogP contribution in [-0.2, 0) is 9.53 Å².